The van der Waals surface area contributed by atoms with Crippen molar-refractivity contribution in [2.24, 2.45) is 5.92 Å². The van der Waals surface area contributed by atoms with E-state index in [1.54, 1.807) is 9.80 Å². The van der Waals surface area contributed by atoms with Crippen molar-refractivity contribution in [3.8, 4) is 0 Å². The summed E-state index contributed by atoms with van der Waals surface area (Å²) in [7, 11) is 0. The largest absolute Gasteiger partial charge is 0.444 e. The summed E-state index contributed by atoms with van der Waals surface area (Å²) in [6.07, 6.45) is 5.69. The summed E-state index contributed by atoms with van der Waals surface area (Å²) in [4.78, 5) is 55.9. The number of hydrogen-bond acceptors (Lipinski definition) is 7. The van der Waals surface area contributed by atoms with Crippen LogP contribution in [0.3, 0.4) is 0 Å². The van der Waals surface area contributed by atoms with Crippen LogP contribution in [-0.2, 0) is 24.5 Å². The second-order valence-corrected chi connectivity index (χ2v) is 13.8. The van der Waals surface area contributed by atoms with Gasteiger partial charge in [0.1, 0.15) is 11.6 Å². The fraction of sp³-hybridized carbons (Fsp3) is 0.677. The number of anilines is 2. The number of carbonyl (C=O) groups excluding carboxylic acids is 4. The Bertz CT molecular complexity index is 1250. The van der Waals surface area contributed by atoms with Crippen molar-refractivity contribution in [1.82, 2.24) is 10.2 Å². The minimum Gasteiger partial charge on any atom is -0.444 e. The molecule has 10 heteroatoms. The summed E-state index contributed by atoms with van der Waals surface area (Å²) in [5.41, 5.74) is 1.11. The molecule has 1 unspecified atom stereocenters. The number of amides is 4. The fourth-order valence-corrected chi connectivity index (χ4v) is 7.18. The maximum atomic E-state index is 13.5. The van der Waals surface area contributed by atoms with Crippen LogP contribution in [0.2, 0.25) is 0 Å². The molecule has 1 aliphatic carbocycles. The Morgan fingerprint density at radius 1 is 1.02 bits per heavy atom. The van der Waals surface area contributed by atoms with Crippen molar-refractivity contribution in [3.05, 3.63) is 23.8 Å². The Morgan fingerprint density at radius 2 is 1.71 bits per heavy atom. The van der Waals surface area contributed by atoms with E-state index in [2.05, 4.69) is 16.3 Å². The number of piperidine rings is 3. The van der Waals surface area contributed by atoms with E-state index in [1.165, 1.54) is 0 Å². The number of imide groups is 1. The van der Waals surface area contributed by atoms with Crippen LogP contribution in [0.25, 0.3) is 0 Å². The molecule has 4 fully saturated rings. The number of nitrogens with one attached hydrogen (secondary N) is 1. The third-order valence-electron chi connectivity index (χ3n) is 9.65. The Hall–Kier alpha value is -3.14. The molecular formula is C31H42N4O6. The summed E-state index contributed by atoms with van der Waals surface area (Å²) in [5.74, 6) is -0.264. The van der Waals surface area contributed by atoms with Crippen LogP contribution in [0.15, 0.2) is 18.2 Å². The first-order valence-electron chi connectivity index (χ1n) is 15.1. The molecule has 222 valence electrons. The Kier molecular flexibility index (Phi) is 6.83. The zero-order valence-electron chi connectivity index (χ0n) is 24.4. The lowest BCUT2D eigenvalue weighted by Gasteiger charge is -2.42. The van der Waals surface area contributed by atoms with Crippen LogP contribution in [0, 0.1) is 5.92 Å². The zero-order valence-corrected chi connectivity index (χ0v) is 24.4. The number of ether oxygens (including phenoxy) is 1. The highest BCUT2D eigenvalue weighted by atomic mass is 16.6. The van der Waals surface area contributed by atoms with Gasteiger partial charge in [0, 0.05) is 44.0 Å². The number of likely N-dealkylation sites (tertiary alicyclic amines) is 1. The van der Waals surface area contributed by atoms with Crippen LogP contribution in [-0.4, -0.2) is 77.2 Å². The summed E-state index contributed by atoms with van der Waals surface area (Å²) in [6.45, 7) is 8.36. The molecule has 0 radical (unpaired) electrons. The van der Waals surface area contributed by atoms with Crippen molar-refractivity contribution < 1.29 is 29.0 Å². The van der Waals surface area contributed by atoms with Crippen molar-refractivity contribution in [2.45, 2.75) is 101 Å². The van der Waals surface area contributed by atoms with E-state index in [9.17, 15) is 24.3 Å². The van der Waals surface area contributed by atoms with Gasteiger partial charge in [-0.2, -0.15) is 0 Å². The molecule has 4 amide bonds. The van der Waals surface area contributed by atoms with Crippen molar-refractivity contribution in [2.75, 3.05) is 36.0 Å². The highest BCUT2D eigenvalue weighted by Crippen LogP contribution is 2.58. The van der Waals surface area contributed by atoms with E-state index < -0.39 is 22.7 Å². The lowest BCUT2D eigenvalue weighted by atomic mass is 9.79. The molecule has 0 bridgehead atoms. The molecule has 41 heavy (non-hydrogen) atoms. The number of fused-ring (bicyclic) bond motifs is 2. The monoisotopic (exact) mass is 566 g/mol. The van der Waals surface area contributed by atoms with Crippen LogP contribution in [0.5, 0.6) is 0 Å². The molecule has 2 N–H and O–H groups in total. The standard InChI is InChI=1S/C31H42N4O6/c1-29(2,3)41-28(39)34-16-12-30(40,13-17-34)19-20-8-14-33(15-9-20)21-4-5-23-22(18-21)31(10-11-31)27(38)35(23)24-6-7-25(36)32-26(24)37/h4-5,18,20,24,40H,6-17,19H2,1-3H3,(H,32,36,37). The van der Waals surface area contributed by atoms with Gasteiger partial charge in [-0.15, -0.1) is 0 Å². The van der Waals surface area contributed by atoms with E-state index in [0.29, 0.717) is 38.3 Å². The molecular weight excluding hydrogens is 524 g/mol. The lowest BCUT2D eigenvalue weighted by molar-refractivity contribution is -0.135. The van der Waals surface area contributed by atoms with E-state index in [0.717, 1.165) is 62.1 Å². The minimum atomic E-state index is -0.753. The summed E-state index contributed by atoms with van der Waals surface area (Å²) in [5, 5.41) is 13.7. The summed E-state index contributed by atoms with van der Waals surface area (Å²) in [6, 6.07) is 5.54. The first-order valence-corrected chi connectivity index (χ1v) is 15.1. The summed E-state index contributed by atoms with van der Waals surface area (Å²) >= 11 is 0. The molecule has 1 aromatic carbocycles. The van der Waals surface area contributed by atoms with Gasteiger partial charge in [-0.05, 0) is 102 Å². The second kappa shape index (κ2) is 10.00. The van der Waals surface area contributed by atoms with Gasteiger partial charge in [-0.1, -0.05) is 0 Å². The quantitative estimate of drug-likeness (QED) is 0.537. The Balaban J connectivity index is 1.07. The van der Waals surface area contributed by atoms with Gasteiger partial charge in [0.25, 0.3) is 0 Å². The first kappa shape index (κ1) is 28.0. The average molecular weight is 567 g/mol. The van der Waals surface area contributed by atoms with Gasteiger partial charge >= 0.3 is 6.09 Å². The normalized spacial score (nSPS) is 25.8. The van der Waals surface area contributed by atoms with Crippen LogP contribution in [0.1, 0.15) is 84.1 Å². The van der Waals surface area contributed by atoms with E-state index in [4.69, 9.17) is 4.74 Å². The number of benzene rings is 1. The third kappa shape index (κ3) is 5.31. The molecule has 1 saturated carbocycles. The molecule has 10 nitrogen and oxygen atoms in total. The number of carbonyl (C=O) groups is 4. The SMILES string of the molecule is CC(C)(C)OC(=O)N1CCC(O)(CC2CCN(c3ccc4c(c3)C3(CC3)C(=O)N4C3CCC(=O)NC3=O)CC2)CC1. The molecule has 6 rings (SSSR count). The predicted molar refractivity (Wildman–Crippen MR) is 153 cm³/mol. The Morgan fingerprint density at radius 3 is 2.32 bits per heavy atom. The first-order chi connectivity index (χ1) is 19.4. The van der Waals surface area contributed by atoms with Gasteiger partial charge < -0.3 is 19.6 Å². The van der Waals surface area contributed by atoms with Gasteiger partial charge in [0.2, 0.25) is 17.7 Å². The smallest absolute Gasteiger partial charge is 0.410 e. The topological polar surface area (TPSA) is 119 Å². The minimum absolute atomic E-state index is 0.0104. The third-order valence-corrected chi connectivity index (χ3v) is 9.65. The van der Waals surface area contributed by atoms with E-state index >= 15 is 0 Å². The van der Waals surface area contributed by atoms with Gasteiger partial charge in [-0.3, -0.25) is 24.6 Å². The Labute approximate surface area is 241 Å². The molecule has 4 aliphatic heterocycles. The van der Waals surface area contributed by atoms with Gasteiger partial charge in [0.05, 0.1) is 11.0 Å². The number of rotatable bonds is 4. The highest BCUT2D eigenvalue weighted by molar-refractivity contribution is 6.15. The molecule has 5 aliphatic rings. The number of hydrogen-bond donors (Lipinski definition) is 2. The van der Waals surface area contributed by atoms with Gasteiger partial charge in [-0.25, -0.2) is 4.79 Å². The van der Waals surface area contributed by atoms with E-state index in [1.807, 2.05) is 32.9 Å². The lowest BCUT2D eigenvalue weighted by Crippen LogP contribution is -2.54. The molecule has 3 saturated heterocycles. The molecule has 0 aromatic heterocycles. The van der Waals surface area contributed by atoms with Gasteiger partial charge in [0.15, 0.2) is 0 Å². The van der Waals surface area contributed by atoms with E-state index in [-0.39, 0.29) is 30.2 Å². The number of nitrogens with zero attached hydrogens (tertiary/aromatic N) is 3. The zero-order chi connectivity index (χ0) is 29.2. The second-order valence-electron chi connectivity index (χ2n) is 13.8. The maximum Gasteiger partial charge on any atom is 0.410 e. The molecule has 1 atom stereocenters. The number of aliphatic hydroxyl groups is 1. The predicted octanol–water partition coefficient (Wildman–Crippen LogP) is 3.24. The van der Waals surface area contributed by atoms with Crippen molar-refractivity contribution >= 4 is 35.2 Å². The van der Waals surface area contributed by atoms with Crippen LogP contribution in [0.4, 0.5) is 16.2 Å². The average Bonchev–Trinajstić information content (AvgIpc) is 3.68. The van der Waals surface area contributed by atoms with Crippen molar-refractivity contribution in [3.63, 3.8) is 0 Å². The summed E-state index contributed by atoms with van der Waals surface area (Å²) < 4.78 is 5.49. The fourth-order valence-electron chi connectivity index (χ4n) is 7.18. The van der Waals surface area contributed by atoms with Crippen LogP contribution >= 0.6 is 0 Å². The van der Waals surface area contributed by atoms with Crippen LogP contribution < -0.4 is 15.1 Å². The molecule has 4 heterocycles. The molecule has 1 aromatic rings. The maximum absolute atomic E-state index is 13.5. The highest BCUT2D eigenvalue weighted by Gasteiger charge is 2.61. The molecule has 1 spiro atoms. The van der Waals surface area contributed by atoms with Crippen molar-refractivity contribution in [1.29, 1.82) is 0 Å².